The smallest absolute Gasteiger partial charge is 0.222 e. The van der Waals surface area contributed by atoms with E-state index >= 15 is 0 Å². The van der Waals surface area contributed by atoms with Crippen LogP contribution >= 0.6 is 0 Å². The van der Waals surface area contributed by atoms with Gasteiger partial charge in [0.15, 0.2) is 5.78 Å². The van der Waals surface area contributed by atoms with Gasteiger partial charge in [-0.3, -0.25) is 14.5 Å². The third-order valence-corrected chi connectivity index (χ3v) is 11.3. The van der Waals surface area contributed by atoms with E-state index in [9.17, 15) is 19.1 Å². The molecular formula is C32H44FN3O3. The van der Waals surface area contributed by atoms with Crippen molar-refractivity contribution in [2.24, 2.45) is 23.2 Å². The van der Waals surface area contributed by atoms with E-state index in [0.29, 0.717) is 30.9 Å². The van der Waals surface area contributed by atoms with Crippen LogP contribution in [0.5, 0.6) is 0 Å². The van der Waals surface area contributed by atoms with Crippen LogP contribution in [0.15, 0.2) is 30.0 Å². The van der Waals surface area contributed by atoms with Gasteiger partial charge in [-0.15, -0.1) is 0 Å². The maximum absolute atomic E-state index is 14.6. The first-order valence-corrected chi connectivity index (χ1v) is 15.2. The summed E-state index contributed by atoms with van der Waals surface area (Å²) in [4.78, 5) is 34.0. The van der Waals surface area contributed by atoms with E-state index in [0.717, 1.165) is 75.9 Å². The highest BCUT2D eigenvalue weighted by Gasteiger charge is 2.61. The Kier molecular flexibility index (Phi) is 7.34. The molecule has 2 saturated carbocycles. The second-order valence-corrected chi connectivity index (χ2v) is 13.1. The van der Waals surface area contributed by atoms with Gasteiger partial charge in [-0.05, 0) is 106 Å². The number of halogens is 1. The molecule has 2 saturated heterocycles. The van der Waals surface area contributed by atoms with Gasteiger partial charge >= 0.3 is 0 Å². The molecule has 5 unspecified atom stereocenters. The Labute approximate surface area is 232 Å². The van der Waals surface area contributed by atoms with E-state index in [4.69, 9.17) is 0 Å². The number of Topliss-reactive ketones (excluding diaryl/α,β-unsaturated/α-hetero) is 1. The second kappa shape index (κ2) is 10.6. The topological polar surface area (TPSA) is 64.1 Å². The summed E-state index contributed by atoms with van der Waals surface area (Å²) in [5, 5.41) is 10.2. The molecule has 0 aromatic heterocycles. The number of carbonyl (C=O) groups excluding carboxylic acids is 2. The highest BCUT2D eigenvalue weighted by Crippen LogP contribution is 2.63. The number of benzene rings is 1. The molecule has 6 nitrogen and oxygen atoms in total. The van der Waals surface area contributed by atoms with Crippen LogP contribution < -0.4 is 0 Å². The molecule has 2 heterocycles. The molecular weight excluding hydrogens is 493 g/mol. The largest absolute Gasteiger partial charge is 0.515 e. The first-order chi connectivity index (χ1) is 18.8. The number of piperidine rings is 1. The zero-order valence-electron chi connectivity index (χ0n) is 23.6. The van der Waals surface area contributed by atoms with Gasteiger partial charge in [0, 0.05) is 49.6 Å². The summed E-state index contributed by atoms with van der Waals surface area (Å²) >= 11 is 0. The Balaban J connectivity index is 1.14. The summed E-state index contributed by atoms with van der Waals surface area (Å²) < 4.78 is 14.6. The van der Waals surface area contributed by atoms with Crippen LogP contribution in [0.3, 0.4) is 0 Å². The minimum atomic E-state index is -0.520. The molecule has 5 atom stereocenters. The van der Waals surface area contributed by atoms with Crippen LogP contribution in [-0.2, 0) is 16.0 Å². The number of hydrogen-bond acceptors (Lipinski definition) is 5. The molecule has 2 aliphatic heterocycles. The fraction of sp³-hybridized carbons (Fsp3) is 0.688. The minimum Gasteiger partial charge on any atom is -0.515 e. The normalized spacial score (nSPS) is 35.1. The highest BCUT2D eigenvalue weighted by atomic mass is 19.1. The summed E-state index contributed by atoms with van der Waals surface area (Å²) in [6.07, 6.45) is 7.59. The molecule has 0 radical (unpaired) electrons. The van der Waals surface area contributed by atoms with Crippen molar-refractivity contribution in [3.63, 3.8) is 0 Å². The molecule has 1 amide bonds. The Morgan fingerprint density at radius 3 is 2.56 bits per heavy atom. The fourth-order valence-electron chi connectivity index (χ4n) is 9.15. The van der Waals surface area contributed by atoms with Gasteiger partial charge in [0.1, 0.15) is 5.82 Å². The summed E-state index contributed by atoms with van der Waals surface area (Å²) in [7, 11) is 2.19. The van der Waals surface area contributed by atoms with Gasteiger partial charge in [-0.25, -0.2) is 4.39 Å². The van der Waals surface area contributed by atoms with Gasteiger partial charge in [-0.1, -0.05) is 19.1 Å². The van der Waals surface area contributed by atoms with Crippen molar-refractivity contribution in [2.45, 2.75) is 70.3 Å². The lowest BCUT2D eigenvalue weighted by molar-refractivity contribution is -0.133. The molecule has 3 aliphatic carbocycles. The lowest BCUT2D eigenvalue weighted by Gasteiger charge is -2.49. The van der Waals surface area contributed by atoms with Crippen molar-refractivity contribution < 1.29 is 19.1 Å². The SMILES string of the molecule is CN1CCC(N2CCN(C(=O)CCC3/C(=C/O)C(=O)C4(C)CCC5c6cccc(F)c6CCC5C34)CC2)CC1. The van der Waals surface area contributed by atoms with Crippen molar-refractivity contribution in [3.8, 4) is 0 Å². The lowest BCUT2D eigenvalue weighted by atomic mass is 9.54. The Morgan fingerprint density at radius 1 is 1.10 bits per heavy atom. The Morgan fingerprint density at radius 2 is 1.85 bits per heavy atom. The van der Waals surface area contributed by atoms with Crippen molar-refractivity contribution in [2.75, 3.05) is 46.3 Å². The van der Waals surface area contributed by atoms with Crippen LogP contribution in [0.2, 0.25) is 0 Å². The molecule has 6 rings (SSSR count). The number of ketones is 1. The van der Waals surface area contributed by atoms with E-state index in [1.54, 1.807) is 6.07 Å². The van der Waals surface area contributed by atoms with Crippen LogP contribution in [0.4, 0.5) is 4.39 Å². The number of likely N-dealkylation sites (tertiary alicyclic amines) is 1. The van der Waals surface area contributed by atoms with Crippen molar-refractivity contribution in [1.29, 1.82) is 0 Å². The highest BCUT2D eigenvalue weighted by molar-refractivity contribution is 6.03. The predicted octanol–water partition coefficient (Wildman–Crippen LogP) is 4.55. The molecule has 0 spiro atoms. The lowest BCUT2D eigenvalue weighted by Crippen LogP contribution is -2.54. The van der Waals surface area contributed by atoms with Crippen LogP contribution in [0, 0.1) is 29.0 Å². The third-order valence-electron chi connectivity index (χ3n) is 11.3. The molecule has 39 heavy (non-hydrogen) atoms. The van der Waals surface area contributed by atoms with Gasteiger partial charge in [0.25, 0.3) is 0 Å². The standard InChI is InChI=1S/C32H44FN3O3/c1-32-13-10-23-22-4-3-5-28(33)24(22)6-7-25(23)30(32)26(27(20-37)31(32)39)8-9-29(38)36-18-16-35(17-19-36)21-11-14-34(2)15-12-21/h3-5,20-21,23,25-26,30,37H,6-19H2,1-2H3/b27-20-. The number of aliphatic hydroxyl groups is 1. The zero-order chi connectivity index (χ0) is 27.3. The number of allylic oxidation sites excluding steroid dienone is 1. The second-order valence-electron chi connectivity index (χ2n) is 13.1. The van der Waals surface area contributed by atoms with Crippen LogP contribution in [0.1, 0.15) is 68.9 Å². The first kappa shape index (κ1) is 26.9. The van der Waals surface area contributed by atoms with Gasteiger partial charge in [0.05, 0.1) is 6.26 Å². The van der Waals surface area contributed by atoms with Crippen LogP contribution in [-0.4, -0.2) is 83.9 Å². The number of amides is 1. The third kappa shape index (κ3) is 4.63. The number of rotatable bonds is 4. The van der Waals surface area contributed by atoms with E-state index in [-0.39, 0.29) is 41.2 Å². The average molecular weight is 538 g/mol. The molecule has 1 aromatic rings. The quantitative estimate of drug-likeness (QED) is 0.451. The summed E-state index contributed by atoms with van der Waals surface area (Å²) in [5.74, 6) is 0.558. The maximum atomic E-state index is 14.6. The van der Waals surface area contributed by atoms with E-state index < -0.39 is 5.41 Å². The van der Waals surface area contributed by atoms with Crippen molar-refractivity contribution >= 4 is 11.7 Å². The average Bonchev–Trinajstić information content (AvgIpc) is 3.18. The summed E-state index contributed by atoms with van der Waals surface area (Å²) in [6.45, 7) is 7.77. The fourth-order valence-corrected chi connectivity index (χ4v) is 9.15. The molecule has 7 heteroatoms. The van der Waals surface area contributed by atoms with E-state index in [1.165, 1.54) is 12.8 Å². The first-order valence-electron chi connectivity index (χ1n) is 15.2. The number of hydrogen-bond donors (Lipinski definition) is 1. The van der Waals surface area contributed by atoms with Gasteiger partial charge in [-0.2, -0.15) is 0 Å². The number of fused-ring (bicyclic) bond motifs is 5. The van der Waals surface area contributed by atoms with Gasteiger partial charge < -0.3 is 14.9 Å². The monoisotopic (exact) mass is 537 g/mol. The summed E-state index contributed by atoms with van der Waals surface area (Å²) in [5.41, 5.74) is 1.94. The van der Waals surface area contributed by atoms with E-state index in [1.807, 2.05) is 11.0 Å². The zero-order valence-corrected chi connectivity index (χ0v) is 23.6. The van der Waals surface area contributed by atoms with E-state index in [2.05, 4.69) is 29.8 Å². The van der Waals surface area contributed by atoms with Crippen molar-refractivity contribution in [1.82, 2.24) is 14.7 Å². The predicted molar refractivity (Wildman–Crippen MR) is 149 cm³/mol. The van der Waals surface area contributed by atoms with Crippen molar-refractivity contribution in [3.05, 3.63) is 47.0 Å². The molecule has 1 aromatic carbocycles. The van der Waals surface area contributed by atoms with Gasteiger partial charge in [0.2, 0.25) is 5.91 Å². The molecule has 4 fully saturated rings. The molecule has 1 N–H and O–H groups in total. The molecule has 5 aliphatic rings. The summed E-state index contributed by atoms with van der Waals surface area (Å²) in [6, 6.07) is 6.07. The Bertz CT molecular complexity index is 1140. The number of piperazine rings is 1. The minimum absolute atomic E-state index is 0.0580. The maximum Gasteiger partial charge on any atom is 0.222 e. The molecule has 212 valence electrons. The number of aliphatic hydroxyl groups excluding tert-OH is 1. The number of carbonyl (C=O) groups is 2. The molecule has 0 bridgehead atoms. The number of nitrogens with zero attached hydrogens (tertiary/aromatic N) is 3. The van der Waals surface area contributed by atoms with Crippen LogP contribution in [0.25, 0.3) is 0 Å². The Hall–Kier alpha value is -2.25.